The molecule has 1 heterocycles. The van der Waals surface area contributed by atoms with E-state index in [1.165, 1.54) is 7.11 Å². The summed E-state index contributed by atoms with van der Waals surface area (Å²) in [6, 6.07) is 4.98. The number of phenols is 1. The molecule has 0 unspecified atom stereocenters. The van der Waals surface area contributed by atoms with Crippen LogP contribution in [-0.4, -0.2) is 24.3 Å². The Balaban J connectivity index is 2.06. The van der Waals surface area contributed by atoms with E-state index in [9.17, 15) is 9.90 Å². The minimum atomic E-state index is -0.281. The van der Waals surface area contributed by atoms with Gasteiger partial charge < -0.3 is 14.6 Å². The van der Waals surface area contributed by atoms with Gasteiger partial charge in [0, 0.05) is 12.5 Å². The van der Waals surface area contributed by atoms with E-state index in [0.29, 0.717) is 12.2 Å². The standard InChI is InChI=1S/C11H12O4/c1-14-11(13)6-9-4-7-2-3-8(12)5-10(7)15-9/h2-3,5,9,12H,4,6H2,1H3/t9-/m1/s1. The largest absolute Gasteiger partial charge is 0.508 e. The van der Waals surface area contributed by atoms with Crippen molar-refractivity contribution in [3.05, 3.63) is 23.8 Å². The molecule has 4 heteroatoms. The van der Waals surface area contributed by atoms with Crippen molar-refractivity contribution >= 4 is 5.97 Å². The zero-order chi connectivity index (χ0) is 10.8. The third-order valence-corrected chi connectivity index (χ3v) is 2.41. The molecule has 80 valence electrons. The van der Waals surface area contributed by atoms with Crippen molar-refractivity contribution in [2.45, 2.75) is 18.9 Å². The molecule has 1 N–H and O–H groups in total. The molecule has 0 bridgehead atoms. The van der Waals surface area contributed by atoms with Crippen LogP contribution in [0.2, 0.25) is 0 Å². The van der Waals surface area contributed by atoms with E-state index < -0.39 is 0 Å². The third-order valence-electron chi connectivity index (χ3n) is 2.41. The second-order valence-corrected chi connectivity index (χ2v) is 3.52. The molecular weight excluding hydrogens is 196 g/mol. The molecule has 1 aliphatic rings. The summed E-state index contributed by atoms with van der Waals surface area (Å²) < 4.78 is 10.1. The molecule has 0 radical (unpaired) electrons. The molecule has 0 aliphatic carbocycles. The van der Waals surface area contributed by atoms with Crippen LogP contribution in [0.5, 0.6) is 11.5 Å². The van der Waals surface area contributed by atoms with Crippen LogP contribution in [0, 0.1) is 0 Å². The summed E-state index contributed by atoms with van der Waals surface area (Å²) in [5.74, 6) is 0.549. The first-order valence-corrected chi connectivity index (χ1v) is 4.74. The van der Waals surface area contributed by atoms with Crippen molar-refractivity contribution < 1.29 is 19.4 Å². The third kappa shape index (κ3) is 2.03. The SMILES string of the molecule is COC(=O)C[C@H]1Cc2ccc(O)cc2O1. The molecular formula is C11H12O4. The van der Waals surface area contributed by atoms with Crippen LogP contribution in [0.1, 0.15) is 12.0 Å². The summed E-state index contributed by atoms with van der Waals surface area (Å²) >= 11 is 0. The summed E-state index contributed by atoms with van der Waals surface area (Å²) in [6.07, 6.45) is 0.755. The number of phenolic OH excluding ortho intramolecular Hbond substituents is 1. The number of ether oxygens (including phenoxy) is 2. The van der Waals surface area contributed by atoms with Crippen LogP contribution < -0.4 is 4.74 Å². The lowest BCUT2D eigenvalue weighted by Crippen LogP contribution is -2.18. The van der Waals surface area contributed by atoms with Gasteiger partial charge in [-0.2, -0.15) is 0 Å². The van der Waals surface area contributed by atoms with E-state index in [-0.39, 0.29) is 24.2 Å². The quantitative estimate of drug-likeness (QED) is 0.743. The zero-order valence-electron chi connectivity index (χ0n) is 8.40. The van der Waals surface area contributed by atoms with Crippen molar-refractivity contribution in [1.82, 2.24) is 0 Å². The number of carbonyl (C=O) groups is 1. The maximum Gasteiger partial charge on any atom is 0.309 e. The maximum atomic E-state index is 11.0. The first-order valence-electron chi connectivity index (χ1n) is 4.74. The summed E-state index contributed by atoms with van der Waals surface area (Å²) in [7, 11) is 1.36. The summed E-state index contributed by atoms with van der Waals surface area (Å²) in [4.78, 5) is 11.0. The molecule has 15 heavy (non-hydrogen) atoms. The Morgan fingerprint density at radius 3 is 3.20 bits per heavy atom. The van der Waals surface area contributed by atoms with E-state index in [4.69, 9.17) is 4.74 Å². The highest BCUT2D eigenvalue weighted by Crippen LogP contribution is 2.32. The monoisotopic (exact) mass is 208 g/mol. The molecule has 0 aromatic heterocycles. The number of aromatic hydroxyl groups is 1. The summed E-state index contributed by atoms with van der Waals surface area (Å²) in [6.45, 7) is 0. The minimum absolute atomic E-state index is 0.172. The summed E-state index contributed by atoms with van der Waals surface area (Å²) in [5.41, 5.74) is 1.02. The van der Waals surface area contributed by atoms with Gasteiger partial charge in [-0.25, -0.2) is 0 Å². The summed E-state index contributed by atoms with van der Waals surface area (Å²) in [5, 5.41) is 9.24. The molecule has 2 rings (SSSR count). The fourth-order valence-electron chi connectivity index (χ4n) is 1.67. The van der Waals surface area contributed by atoms with Gasteiger partial charge in [-0.05, 0) is 11.6 Å². The van der Waals surface area contributed by atoms with Crippen LogP contribution >= 0.6 is 0 Å². The second kappa shape index (κ2) is 3.81. The fraction of sp³-hybridized carbons (Fsp3) is 0.364. The molecule has 0 amide bonds. The number of rotatable bonds is 2. The molecule has 0 fully saturated rings. The van der Waals surface area contributed by atoms with E-state index in [0.717, 1.165) is 5.56 Å². The van der Waals surface area contributed by atoms with Crippen LogP contribution in [0.25, 0.3) is 0 Å². The normalized spacial score (nSPS) is 18.1. The Morgan fingerprint density at radius 1 is 1.67 bits per heavy atom. The average molecular weight is 208 g/mol. The Bertz CT molecular complexity index is 386. The van der Waals surface area contributed by atoms with Crippen LogP contribution in [-0.2, 0) is 16.0 Å². The van der Waals surface area contributed by atoms with Gasteiger partial charge in [0.25, 0.3) is 0 Å². The lowest BCUT2D eigenvalue weighted by atomic mass is 10.1. The topological polar surface area (TPSA) is 55.8 Å². The van der Waals surface area contributed by atoms with Gasteiger partial charge in [0.1, 0.15) is 17.6 Å². The molecule has 4 nitrogen and oxygen atoms in total. The van der Waals surface area contributed by atoms with Crippen molar-refractivity contribution in [1.29, 1.82) is 0 Å². The maximum absolute atomic E-state index is 11.0. The molecule has 0 spiro atoms. The predicted molar refractivity (Wildman–Crippen MR) is 52.9 cm³/mol. The van der Waals surface area contributed by atoms with E-state index in [1.807, 2.05) is 6.07 Å². The Labute approximate surface area is 87.4 Å². The second-order valence-electron chi connectivity index (χ2n) is 3.52. The number of hydrogen-bond donors (Lipinski definition) is 1. The Morgan fingerprint density at radius 2 is 2.47 bits per heavy atom. The first-order chi connectivity index (χ1) is 7.19. The number of fused-ring (bicyclic) bond motifs is 1. The minimum Gasteiger partial charge on any atom is -0.508 e. The van der Waals surface area contributed by atoms with Crippen LogP contribution in [0.4, 0.5) is 0 Å². The smallest absolute Gasteiger partial charge is 0.309 e. The highest BCUT2D eigenvalue weighted by atomic mass is 16.5. The van der Waals surface area contributed by atoms with Gasteiger partial charge in [0.2, 0.25) is 0 Å². The number of benzene rings is 1. The predicted octanol–water partition coefficient (Wildman–Crippen LogP) is 1.26. The molecule has 1 atom stereocenters. The van der Waals surface area contributed by atoms with Gasteiger partial charge in [-0.15, -0.1) is 0 Å². The Kier molecular flexibility index (Phi) is 2.49. The van der Waals surface area contributed by atoms with Crippen molar-refractivity contribution in [2.24, 2.45) is 0 Å². The molecule has 1 aliphatic heterocycles. The van der Waals surface area contributed by atoms with Gasteiger partial charge in [0.15, 0.2) is 0 Å². The number of hydrogen-bond acceptors (Lipinski definition) is 4. The highest BCUT2D eigenvalue weighted by Gasteiger charge is 2.25. The Hall–Kier alpha value is -1.71. The number of methoxy groups -OCH3 is 1. The fourth-order valence-corrected chi connectivity index (χ4v) is 1.67. The van der Waals surface area contributed by atoms with Crippen LogP contribution in [0.15, 0.2) is 18.2 Å². The van der Waals surface area contributed by atoms with E-state index in [2.05, 4.69) is 4.74 Å². The van der Waals surface area contributed by atoms with Crippen LogP contribution in [0.3, 0.4) is 0 Å². The van der Waals surface area contributed by atoms with Crippen molar-refractivity contribution in [2.75, 3.05) is 7.11 Å². The molecule has 0 saturated carbocycles. The number of carbonyl (C=O) groups excluding carboxylic acids is 1. The van der Waals surface area contributed by atoms with Crippen molar-refractivity contribution in [3.63, 3.8) is 0 Å². The van der Waals surface area contributed by atoms with Gasteiger partial charge in [-0.1, -0.05) is 6.07 Å². The first kappa shape index (κ1) is 9.83. The number of esters is 1. The molecule has 1 aromatic rings. The van der Waals surface area contributed by atoms with Gasteiger partial charge >= 0.3 is 5.97 Å². The van der Waals surface area contributed by atoms with E-state index >= 15 is 0 Å². The lowest BCUT2D eigenvalue weighted by molar-refractivity contribution is -0.142. The van der Waals surface area contributed by atoms with Crippen molar-refractivity contribution in [3.8, 4) is 11.5 Å². The average Bonchev–Trinajstić information content (AvgIpc) is 2.59. The van der Waals surface area contributed by atoms with Gasteiger partial charge in [0.05, 0.1) is 13.5 Å². The van der Waals surface area contributed by atoms with E-state index in [1.54, 1.807) is 12.1 Å². The molecule has 0 saturated heterocycles. The highest BCUT2D eigenvalue weighted by molar-refractivity contribution is 5.70. The lowest BCUT2D eigenvalue weighted by Gasteiger charge is -2.08. The molecule has 1 aromatic carbocycles. The zero-order valence-corrected chi connectivity index (χ0v) is 8.40. The van der Waals surface area contributed by atoms with Gasteiger partial charge in [-0.3, -0.25) is 4.79 Å².